The molecule has 0 aromatic rings. The van der Waals surface area contributed by atoms with Crippen LogP contribution in [0, 0.1) is 0 Å². The smallest absolute Gasteiger partial charge is 0.243 e. The van der Waals surface area contributed by atoms with Crippen molar-refractivity contribution in [2.45, 2.75) is 0 Å². The number of hydrogen-bond donors (Lipinski definition) is 1. The lowest BCUT2D eigenvalue weighted by molar-refractivity contribution is -1.35. The van der Waals surface area contributed by atoms with Gasteiger partial charge >= 0.3 is 0 Å². The molecule has 7 heteroatoms. The van der Waals surface area contributed by atoms with E-state index in [1.54, 1.807) is 14.1 Å². The number of hydrogen-bond acceptors (Lipinski definition) is 4. The number of carbonyl (C=O) groups excluding carboxylic acids is 1. The lowest BCUT2D eigenvalue weighted by Crippen LogP contribution is -3.00. The molecular formula is C8H19ClN2O4. The van der Waals surface area contributed by atoms with E-state index in [-0.39, 0.29) is 23.3 Å². The van der Waals surface area contributed by atoms with Gasteiger partial charge in [0, 0.05) is 7.05 Å². The van der Waals surface area contributed by atoms with Crippen LogP contribution in [0.3, 0.4) is 0 Å². The Morgan fingerprint density at radius 1 is 1.27 bits per heavy atom. The van der Waals surface area contributed by atoms with Crippen LogP contribution in [-0.2, 0) is 19.3 Å². The van der Waals surface area contributed by atoms with Gasteiger partial charge in [-0.15, -0.1) is 14.5 Å². The summed E-state index contributed by atoms with van der Waals surface area (Å²) in [5.41, 5.74) is 0. The van der Waals surface area contributed by atoms with Crippen molar-refractivity contribution in [2.24, 2.45) is 0 Å². The molecule has 0 radical (unpaired) electrons. The molecule has 0 rings (SSSR count). The summed E-state index contributed by atoms with van der Waals surface area (Å²) < 4.78 is 0. The zero-order valence-electron chi connectivity index (χ0n) is 9.74. The van der Waals surface area contributed by atoms with Gasteiger partial charge in [0.15, 0.2) is 7.05 Å². The van der Waals surface area contributed by atoms with E-state index < -0.39 is 0 Å². The highest BCUT2D eigenvalue weighted by Crippen LogP contribution is 1.99. The van der Waals surface area contributed by atoms with Gasteiger partial charge in [-0.25, -0.2) is 0 Å². The van der Waals surface area contributed by atoms with Crippen molar-refractivity contribution in [3.05, 3.63) is 12.7 Å². The largest absolute Gasteiger partial charge is 1.00 e. The summed E-state index contributed by atoms with van der Waals surface area (Å²) in [6.07, 6.45) is 1.22. The summed E-state index contributed by atoms with van der Waals surface area (Å²) >= 11 is 0. The second-order valence-corrected chi connectivity index (χ2v) is 2.14. The first-order valence-electron chi connectivity index (χ1n) is 3.87. The highest BCUT2D eigenvalue weighted by Gasteiger charge is 2.20. The molecule has 0 saturated carbocycles. The average Bonchev–Trinajstić information content (AvgIpc) is 2.27. The molecule has 0 aromatic heterocycles. The van der Waals surface area contributed by atoms with Gasteiger partial charge in [-0.1, -0.05) is 6.58 Å². The molecule has 0 atom stereocenters. The Morgan fingerprint density at radius 3 is 1.60 bits per heavy atom. The minimum absolute atomic E-state index is 0. The predicted molar refractivity (Wildman–Crippen MR) is 51.5 cm³/mol. The molecule has 6 nitrogen and oxygen atoms in total. The summed E-state index contributed by atoms with van der Waals surface area (Å²) in [6.45, 7) is 3.22. The molecule has 0 aliphatic rings. The summed E-state index contributed by atoms with van der Waals surface area (Å²) in [4.78, 5) is 23.8. The fourth-order valence-corrected chi connectivity index (χ4v) is 0.326. The summed E-state index contributed by atoms with van der Waals surface area (Å²) in [7, 11) is 7.66. The first-order chi connectivity index (χ1) is 6.49. The third-order valence-corrected chi connectivity index (χ3v) is 1.43. The SMILES string of the molecule is C=CC(=O)NC.CO[N+](C)(OC)OC.[Cl-]. The summed E-state index contributed by atoms with van der Waals surface area (Å²) in [5.74, 6) is -0.144. The number of hydroxylamine groups is 3. The molecule has 92 valence electrons. The van der Waals surface area contributed by atoms with Gasteiger partial charge in [0.1, 0.15) is 21.3 Å². The highest BCUT2D eigenvalue weighted by molar-refractivity contribution is 5.86. The summed E-state index contributed by atoms with van der Waals surface area (Å²) in [5, 5.41) is 2.36. The molecule has 1 N–H and O–H groups in total. The van der Waals surface area contributed by atoms with Crippen LogP contribution >= 0.6 is 0 Å². The van der Waals surface area contributed by atoms with Crippen LogP contribution in [0.2, 0.25) is 0 Å². The van der Waals surface area contributed by atoms with Crippen LogP contribution < -0.4 is 17.7 Å². The van der Waals surface area contributed by atoms with E-state index in [1.165, 1.54) is 27.4 Å². The van der Waals surface area contributed by atoms with E-state index in [9.17, 15) is 4.79 Å². The molecule has 0 fully saturated rings. The first-order valence-corrected chi connectivity index (χ1v) is 3.87. The third kappa shape index (κ3) is 11.3. The monoisotopic (exact) mass is 242 g/mol. The van der Waals surface area contributed by atoms with Crippen molar-refractivity contribution >= 4 is 5.91 Å². The second-order valence-electron chi connectivity index (χ2n) is 2.14. The van der Waals surface area contributed by atoms with Crippen LogP contribution in [0.15, 0.2) is 12.7 Å². The van der Waals surface area contributed by atoms with Gasteiger partial charge in [-0.2, -0.15) is 0 Å². The minimum atomic E-state index is -0.292. The van der Waals surface area contributed by atoms with Gasteiger partial charge in [0.25, 0.3) is 0 Å². The van der Waals surface area contributed by atoms with Gasteiger partial charge in [0.05, 0.1) is 4.97 Å². The molecule has 1 amide bonds. The average molecular weight is 243 g/mol. The molecule has 0 unspecified atom stereocenters. The normalized spacial score (nSPS) is 9.13. The topological polar surface area (TPSA) is 56.8 Å². The zero-order valence-corrected chi connectivity index (χ0v) is 10.5. The van der Waals surface area contributed by atoms with E-state index in [0.717, 1.165) is 0 Å². The Bertz CT molecular complexity index is 166. The Balaban J connectivity index is -0.000000187. The van der Waals surface area contributed by atoms with Gasteiger partial charge in [-0.3, -0.25) is 4.79 Å². The third-order valence-electron chi connectivity index (χ3n) is 1.43. The molecule has 15 heavy (non-hydrogen) atoms. The lowest BCUT2D eigenvalue weighted by atomic mass is 10.6. The molecule has 0 spiro atoms. The Kier molecular flexibility index (Phi) is 15.1. The molecule has 0 aliphatic heterocycles. The minimum Gasteiger partial charge on any atom is -1.00 e. The number of halogens is 1. The van der Waals surface area contributed by atoms with E-state index >= 15 is 0 Å². The quantitative estimate of drug-likeness (QED) is 0.325. The van der Waals surface area contributed by atoms with E-state index in [4.69, 9.17) is 14.5 Å². The maximum atomic E-state index is 9.95. The number of quaternary nitrogens is 1. The standard InChI is InChI=1S/C4H12NO3.C4H7NO.ClH/c1-5(6-2,7-3)8-4;1-3-4(6)5-2;/h1-4H3;3H,1H2,2H3,(H,5,6);1H/q+1;;/p-1. The number of carbonyl (C=O) groups is 1. The number of nitrogens with zero attached hydrogens (tertiary/aromatic N) is 1. The fourth-order valence-electron chi connectivity index (χ4n) is 0.326. The number of likely N-dealkylation sites (N-methyl/N-ethyl adjacent to an activating group) is 1. The van der Waals surface area contributed by atoms with Crippen LogP contribution in [0.1, 0.15) is 0 Å². The van der Waals surface area contributed by atoms with Crippen LogP contribution in [-0.4, -0.2) is 46.3 Å². The van der Waals surface area contributed by atoms with Crippen LogP contribution in [0.4, 0.5) is 0 Å². The van der Waals surface area contributed by atoms with E-state index in [0.29, 0.717) is 0 Å². The van der Waals surface area contributed by atoms with Crippen LogP contribution in [0.25, 0.3) is 0 Å². The first kappa shape index (κ1) is 19.8. The van der Waals surface area contributed by atoms with Crippen molar-refractivity contribution in [2.75, 3.05) is 35.4 Å². The lowest BCUT2D eigenvalue weighted by Gasteiger charge is -2.19. The van der Waals surface area contributed by atoms with Gasteiger partial charge in [-0.05, 0) is 6.08 Å². The van der Waals surface area contributed by atoms with Crippen molar-refractivity contribution in [1.29, 1.82) is 0 Å². The van der Waals surface area contributed by atoms with E-state index in [1.807, 2.05) is 0 Å². The maximum absolute atomic E-state index is 9.95. The van der Waals surface area contributed by atoms with Crippen molar-refractivity contribution in [3.8, 4) is 0 Å². The Morgan fingerprint density at radius 2 is 1.60 bits per heavy atom. The Hall–Kier alpha value is -0.660. The predicted octanol–water partition coefficient (Wildman–Crippen LogP) is -2.96. The number of nitrogens with one attached hydrogen (secondary N) is 1. The molecule has 0 saturated heterocycles. The molecule has 0 aromatic carbocycles. The highest BCUT2D eigenvalue weighted by atomic mass is 35.5. The van der Waals surface area contributed by atoms with Crippen LogP contribution in [0.5, 0.6) is 0 Å². The fraction of sp³-hybridized carbons (Fsp3) is 0.625. The molecular weight excluding hydrogens is 224 g/mol. The summed E-state index contributed by atoms with van der Waals surface area (Å²) in [6, 6.07) is 0. The van der Waals surface area contributed by atoms with Gasteiger partial charge in [0.2, 0.25) is 5.91 Å². The number of rotatable bonds is 4. The van der Waals surface area contributed by atoms with Crippen molar-refractivity contribution in [3.63, 3.8) is 0 Å². The molecule has 0 aliphatic carbocycles. The van der Waals surface area contributed by atoms with Gasteiger partial charge < -0.3 is 17.7 Å². The number of amides is 1. The van der Waals surface area contributed by atoms with E-state index in [2.05, 4.69) is 11.9 Å². The Labute approximate surface area is 96.6 Å². The second kappa shape index (κ2) is 11.4. The maximum Gasteiger partial charge on any atom is 0.243 e. The van der Waals surface area contributed by atoms with Crippen molar-refractivity contribution in [1.82, 2.24) is 5.32 Å². The molecule has 0 bridgehead atoms. The van der Waals surface area contributed by atoms with Crippen molar-refractivity contribution < 1.29 is 36.7 Å². The molecule has 0 heterocycles. The zero-order chi connectivity index (χ0) is 11.6.